The van der Waals surface area contributed by atoms with Gasteiger partial charge in [0.15, 0.2) is 6.17 Å². The number of hydrogen-bond acceptors (Lipinski definition) is 6. The molecule has 0 saturated carbocycles. The van der Waals surface area contributed by atoms with Gasteiger partial charge in [0.2, 0.25) is 5.88 Å². The van der Waals surface area contributed by atoms with Crippen molar-refractivity contribution in [1.29, 1.82) is 0 Å². The molecule has 1 unspecified atom stereocenters. The van der Waals surface area contributed by atoms with Gasteiger partial charge in [0.05, 0.1) is 17.7 Å². The van der Waals surface area contributed by atoms with Crippen LogP contribution in [-0.2, 0) is 0 Å². The van der Waals surface area contributed by atoms with E-state index in [1.54, 1.807) is 47.6 Å². The minimum Gasteiger partial charge on any atom is -0.507 e. The van der Waals surface area contributed by atoms with E-state index in [2.05, 4.69) is 27.4 Å². The number of aromatic hydroxyl groups is 1. The normalized spacial score (nSPS) is 28.3. The van der Waals surface area contributed by atoms with Gasteiger partial charge in [0, 0.05) is 48.1 Å². The molecule has 2 bridgehead atoms. The monoisotopic (exact) mass is 409 g/mol. The highest BCUT2D eigenvalue weighted by molar-refractivity contribution is 5.68. The number of halogens is 1. The van der Waals surface area contributed by atoms with E-state index in [0.717, 1.165) is 24.9 Å². The summed E-state index contributed by atoms with van der Waals surface area (Å²) in [6, 6.07) is 8.53. The molecule has 0 amide bonds. The Morgan fingerprint density at radius 3 is 2.90 bits per heavy atom. The van der Waals surface area contributed by atoms with Crippen LogP contribution in [0.1, 0.15) is 32.6 Å². The molecule has 0 spiro atoms. The Labute approximate surface area is 173 Å². The molecule has 1 aromatic carbocycles. The van der Waals surface area contributed by atoms with Crippen LogP contribution < -0.4 is 10.1 Å². The Hall–Kier alpha value is -3.00. The second-order valence-electron chi connectivity index (χ2n) is 8.44. The average molecular weight is 409 g/mol. The lowest BCUT2D eigenvalue weighted by molar-refractivity contribution is -0.0221. The molecule has 5 rings (SSSR count). The molecule has 4 atom stereocenters. The van der Waals surface area contributed by atoms with Crippen molar-refractivity contribution >= 4 is 0 Å². The van der Waals surface area contributed by atoms with Crippen molar-refractivity contribution < 1.29 is 14.2 Å². The van der Waals surface area contributed by atoms with E-state index in [-0.39, 0.29) is 17.3 Å². The fourth-order valence-electron chi connectivity index (χ4n) is 4.62. The van der Waals surface area contributed by atoms with Gasteiger partial charge in [-0.1, -0.05) is 0 Å². The largest absolute Gasteiger partial charge is 0.507 e. The molecule has 4 heterocycles. The van der Waals surface area contributed by atoms with Gasteiger partial charge in [-0.05, 0) is 44.4 Å². The molecule has 156 valence electrons. The number of phenols is 1. The van der Waals surface area contributed by atoms with Crippen molar-refractivity contribution in [2.75, 3.05) is 0 Å². The molecular weight excluding hydrogens is 385 g/mol. The fourth-order valence-corrected chi connectivity index (χ4v) is 4.62. The summed E-state index contributed by atoms with van der Waals surface area (Å²) in [6.07, 6.45) is 7.02. The number of fused-ring (bicyclic) bond motifs is 2. The molecule has 2 saturated heterocycles. The topological polar surface area (TPSA) is 85.1 Å². The number of nitrogens with zero attached hydrogens (tertiary/aromatic N) is 4. The van der Waals surface area contributed by atoms with Gasteiger partial charge in [0.25, 0.3) is 0 Å². The lowest BCUT2D eigenvalue weighted by Crippen LogP contribution is -2.64. The first-order valence-electron chi connectivity index (χ1n) is 10.2. The molecule has 30 heavy (non-hydrogen) atoms. The Bertz CT molecular complexity index is 1030. The van der Waals surface area contributed by atoms with Crippen molar-refractivity contribution in [3.05, 3.63) is 49.1 Å². The summed E-state index contributed by atoms with van der Waals surface area (Å²) < 4.78 is 22.5. The number of nitrogens with one attached hydrogen (secondary N) is 1. The Morgan fingerprint density at radius 2 is 2.17 bits per heavy atom. The van der Waals surface area contributed by atoms with E-state index >= 15 is 0 Å². The van der Waals surface area contributed by atoms with Crippen molar-refractivity contribution in [2.45, 2.75) is 56.5 Å². The van der Waals surface area contributed by atoms with Crippen molar-refractivity contribution in [1.82, 2.24) is 25.1 Å². The average Bonchev–Trinajstić information content (AvgIpc) is 3.27. The van der Waals surface area contributed by atoms with Crippen molar-refractivity contribution in [3.8, 4) is 28.6 Å². The number of aromatic nitrogens is 4. The maximum atomic E-state index is 14.9. The molecule has 2 N–H and O–H groups in total. The van der Waals surface area contributed by atoms with Gasteiger partial charge in [-0.25, -0.2) is 9.37 Å². The highest BCUT2D eigenvalue weighted by atomic mass is 19.1. The van der Waals surface area contributed by atoms with E-state index in [4.69, 9.17) is 4.74 Å². The standard InChI is InChI=1S/C22H24FN5O2/c1-22-8-2-3-17(25-22)21(23)19(12-22)30-20-7-6-16(26-27-20)15-5-4-14(11-18(15)29)28-10-9-24-13-28/h4-7,9-11,13,17,19,21,25,29H,2-3,8,12H2,1H3/t17?,19-,21-,22-/m1/s1. The zero-order chi connectivity index (χ0) is 20.7. The molecule has 0 aliphatic carbocycles. The molecule has 2 aromatic heterocycles. The molecule has 8 heteroatoms. The minimum absolute atomic E-state index is 0.0899. The summed E-state index contributed by atoms with van der Waals surface area (Å²) >= 11 is 0. The number of rotatable bonds is 4. The van der Waals surface area contributed by atoms with Crippen LogP contribution in [-0.4, -0.2) is 48.7 Å². The Kier molecular flexibility index (Phi) is 4.66. The zero-order valence-corrected chi connectivity index (χ0v) is 16.7. The summed E-state index contributed by atoms with van der Waals surface area (Å²) in [5.74, 6) is 0.386. The molecular formula is C22H24FN5O2. The number of alkyl halides is 1. The van der Waals surface area contributed by atoms with E-state index in [1.165, 1.54) is 0 Å². The lowest BCUT2D eigenvalue weighted by Gasteiger charge is -2.48. The Morgan fingerprint density at radius 1 is 1.27 bits per heavy atom. The molecule has 0 radical (unpaired) electrons. The van der Waals surface area contributed by atoms with Gasteiger partial charge < -0.3 is 19.7 Å². The summed E-state index contributed by atoms with van der Waals surface area (Å²) in [5.41, 5.74) is 1.78. The van der Waals surface area contributed by atoms with Crippen LogP contribution >= 0.6 is 0 Å². The number of hydrogen-bond donors (Lipinski definition) is 2. The van der Waals surface area contributed by atoms with E-state index < -0.39 is 12.3 Å². The van der Waals surface area contributed by atoms with Gasteiger partial charge in [0.1, 0.15) is 11.9 Å². The van der Waals surface area contributed by atoms with E-state index in [9.17, 15) is 9.50 Å². The SMILES string of the molecule is C[C@]12CCCC(N1)[C@@H](F)[C@H](Oc1ccc(-c3ccc(-n4ccnc4)cc3O)nn1)C2. The predicted octanol–water partition coefficient (Wildman–Crippen LogP) is 3.42. The van der Waals surface area contributed by atoms with Crippen molar-refractivity contribution in [2.24, 2.45) is 0 Å². The number of benzene rings is 1. The second kappa shape index (κ2) is 7.36. The van der Waals surface area contributed by atoms with Crippen molar-refractivity contribution in [3.63, 3.8) is 0 Å². The lowest BCUT2D eigenvalue weighted by atomic mass is 9.75. The van der Waals surface area contributed by atoms with Crippen LogP contribution in [0.4, 0.5) is 4.39 Å². The van der Waals surface area contributed by atoms with Crippen LogP contribution in [0, 0.1) is 0 Å². The third-order valence-electron chi connectivity index (χ3n) is 6.14. The van der Waals surface area contributed by atoms with E-state index in [0.29, 0.717) is 23.6 Å². The highest BCUT2D eigenvalue weighted by Gasteiger charge is 2.47. The molecule has 2 aliphatic heterocycles. The first-order valence-corrected chi connectivity index (χ1v) is 10.2. The quantitative estimate of drug-likeness (QED) is 0.687. The highest BCUT2D eigenvalue weighted by Crippen LogP contribution is 2.37. The smallest absolute Gasteiger partial charge is 0.233 e. The third-order valence-corrected chi connectivity index (χ3v) is 6.14. The predicted molar refractivity (Wildman–Crippen MR) is 109 cm³/mol. The van der Waals surface area contributed by atoms with Crippen LogP contribution in [0.3, 0.4) is 0 Å². The van der Waals surface area contributed by atoms with Crippen LogP contribution in [0.25, 0.3) is 16.9 Å². The Balaban J connectivity index is 1.32. The maximum Gasteiger partial charge on any atom is 0.233 e. The minimum atomic E-state index is -1.07. The van der Waals surface area contributed by atoms with Crippen LogP contribution in [0.2, 0.25) is 0 Å². The molecule has 3 aromatic rings. The van der Waals surface area contributed by atoms with E-state index in [1.807, 2.05) is 6.07 Å². The number of piperidine rings is 2. The summed E-state index contributed by atoms with van der Waals surface area (Å²) in [4.78, 5) is 4.01. The second-order valence-corrected chi connectivity index (χ2v) is 8.44. The molecule has 2 aliphatic rings. The summed E-state index contributed by atoms with van der Waals surface area (Å²) in [6.45, 7) is 2.13. The number of ether oxygens (including phenoxy) is 1. The van der Waals surface area contributed by atoms with Crippen LogP contribution in [0.15, 0.2) is 49.1 Å². The fraction of sp³-hybridized carbons (Fsp3) is 0.409. The number of imidazole rings is 1. The molecule has 7 nitrogen and oxygen atoms in total. The molecule has 2 fully saturated rings. The maximum absolute atomic E-state index is 14.9. The van der Waals surface area contributed by atoms with Gasteiger partial charge in [-0.15, -0.1) is 10.2 Å². The third kappa shape index (κ3) is 3.52. The first-order chi connectivity index (χ1) is 14.5. The number of phenolic OH excluding ortho intramolecular Hbond substituents is 1. The summed E-state index contributed by atoms with van der Waals surface area (Å²) in [5, 5.41) is 22.2. The van der Waals surface area contributed by atoms with Gasteiger partial charge in [-0.2, -0.15) is 0 Å². The van der Waals surface area contributed by atoms with Crippen LogP contribution in [0.5, 0.6) is 11.6 Å². The van der Waals surface area contributed by atoms with Gasteiger partial charge >= 0.3 is 0 Å². The van der Waals surface area contributed by atoms with Gasteiger partial charge in [-0.3, -0.25) is 0 Å². The summed E-state index contributed by atoms with van der Waals surface area (Å²) in [7, 11) is 0. The first kappa shape index (κ1) is 19.0. The zero-order valence-electron chi connectivity index (χ0n) is 16.7.